The van der Waals surface area contributed by atoms with Gasteiger partial charge in [-0.15, -0.1) is 0 Å². The second kappa shape index (κ2) is 26.8. The van der Waals surface area contributed by atoms with E-state index in [0.29, 0.717) is 0 Å². The van der Waals surface area contributed by atoms with E-state index in [2.05, 4.69) is 450 Å². The highest BCUT2D eigenvalue weighted by Gasteiger charge is 2.47. The highest BCUT2D eigenvalue weighted by molar-refractivity contribution is 7.00. The second-order valence-corrected chi connectivity index (χ2v) is 38.9. The topological polar surface area (TPSA) is 16.3 Å². The van der Waals surface area contributed by atoms with Gasteiger partial charge in [0.05, 0.1) is 33.4 Å². The van der Waals surface area contributed by atoms with Gasteiger partial charge in [-0.25, -0.2) is 0 Å². The molecule has 4 nitrogen and oxygen atoms in total. The van der Waals surface area contributed by atoms with E-state index in [0.717, 1.165) is 90.0 Å². The molecule has 0 N–H and O–H groups in total. The third kappa shape index (κ3) is 12.0. The van der Waals surface area contributed by atoms with Gasteiger partial charge in [0.2, 0.25) is 0 Å². The fraction of sp³-hybridized carbons (Fsp3) is 0.175. The van der Waals surface area contributed by atoms with Crippen LogP contribution in [0, 0.1) is 0 Å². The Kier molecular flexibility index (Phi) is 16.6. The van der Waals surface area contributed by atoms with Crippen LogP contribution in [0.3, 0.4) is 0 Å². The lowest BCUT2D eigenvalue weighted by atomic mass is 9.33. The fourth-order valence-corrected chi connectivity index (χ4v) is 19.7. The summed E-state index contributed by atoms with van der Waals surface area (Å²) in [6.45, 7) is 35.1. The lowest BCUT2D eigenvalue weighted by Gasteiger charge is -2.46. The largest absolute Gasteiger partial charge is 0.310 e. The van der Waals surface area contributed by atoms with E-state index in [9.17, 15) is 0 Å². The van der Waals surface area contributed by atoms with Gasteiger partial charge in [-0.05, 0) is 234 Å². The van der Waals surface area contributed by atoms with Crippen molar-refractivity contribution in [1.82, 2.24) is 9.13 Å². The van der Waals surface area contributed by atoms with E-state index in [-0.39, 0.29) is 33.8 Å². The molecule has 17 aromatic carbocycles. The summed E-state index contributed by atoms with van der Waals surface area (Å²) in [4.78, 5) is 5.51. The standard InChI is InChI=1S/C114H99BN4/c1-110(2,3)78-48-56-99-93(62-78)94-63-79(111(4,5)6)49-57-100(94)116(99)83-52-54-97-103(68-83)118(108-87(70-28-18-16-19-29-70)36-26-38-89(108)76-46-44-74-42-40-72-32-22-24-34-85(72)91(74)60-76)105-66-82(114(13,14)15)67-106-107(105)115(97)98-55-53-84(117-101-58-50-80(112(7,8)9)64-95(101)96-65-81(113(10,11)12)51-59-102(96)117)69-104(98)119(106)109-88(71-30-20-17-21-31-71)37-27-39-90(109)77-47-45-75-43-41-73-33-23-25-35-86(73)92(75)61-77/h16-69H,1-15H3. The van der Waals surface area contributed by atoms with Crippen LogP contribution >= 0.6 is 0 Å². The van der Waals surface area contributed by atoms with Gasteiger partial charge in [0.25, 0.3) is 6.71 Å². The summed E-state index contributed by atoms with van der Waals surface area (Å²) in [7, 11) is 0. The molecule has 0 atom stereocenters. The summed E-state index contributed by atoms with van der Waals surface area (Å²) in [5.74, 6) is 0. The SMILES string of the molecule is CC(C)(C)c1cc2c3c(c1)N(c1c(-c4ccccc4)cccc1-c1ccc4ccc5ccccc5c4c1)c1cc(-n4c5ccc(C(C)(C)C)cc5c5cc(C(C)(C)C)ccc54)ccc1B3c1ccc(-n3c4ccc(C(C)(C)C)cc4c4cc(C(C)(C)C)ccc43)cc1N2c1c(-c2ccccc2)cccc1-c1ccc2ccc3ccccc3c2c1. The van der Waals surface area contributed by atoms with Crippen molar-refractivity contribution in [2.24, 2.45) is 0 Å². The zero-order valence-electron chi connectivity index (χ0n) is 71.0. The van der Waals surface area contributed by atoms with Gasteiger partial charge < -0.3 is 18.9 Å². The van der Waals surface area contributed by atoms with Crippen molar-refractivity contribution in [2.75, 3.05) is 9.80 Å². The molecule has 0 amide bonds. The Labute approximate surface area is 700 Å². The molecule has 0 spiro atoms. The summed E-state index contributed by atoms with van der Waals surface area (Å²) in [6.07, 6.45) is 0. The Hall–Kier alpha value is -13.0. The highest BCUT2D eigenvalue weighted by atomic mass is 15.2. The molecular formula is C114H99BN4. The predicted molar refractivity (Wildman–Crippen MR) is 514 cm³/mol. The average molecular weight is 1540 g/mol. The molecule has 0 unspecified atom stereocenters. The van der Waals surface area contributed by atoms with Crippen LogP contribution in [0.15, 0.2) is 328 Å². The Bertz CT molecular complexity index is 6860. The van der Waals surface area contributed by atoms with Gasteiger partial charge in [-0.2, -0.15) is 0 Å². The molecule has 578 valence electrons. The monoisotopic (exact) mass is 1530 g/mol. The quantitative estimate of drug-likeness (QED) is 0.111. The first-order valence-electron chi connectivity index (χ1n) is 42.6. The van der Waals surface area contributed by atoms with E-state index in [1.807, 2.05) is 0 Å². The molecule has 119 heavy (non-hydrogen) atoms. The van der Waals surface area contributed by atoms with Crippen molar-refractivity contribution in [2.45, 2.75) is 131 Å². The number of aromatic nitrogens is 2. The smallest absolute Gasteiger partial charge is 0.252 e. The average Bonchev–Trinajstić information content (AvgIpc) is 1.20. The lowest BCUT2D eigenvalue weighted by molar-refractivity contribution is 0.590. The highest BCUT2D eigenvalue weighted by Crippen LogP contribution is 2.56. The Morgan fingerprint density at radius 3 is 0.866 bits per heavy atom. The van der Waals surface area contributed by atoms with Crippen LogP contribution in [0.25, 0.3) is 143 Å². The molecule has 0 bridgehead atoms. The van der Waals surface area contributed by atoms with E-state index < -0.39 is 0 Å². The third-order valence-corrected chi connectivity index (χ3v) is 26.2. The maximum Gasteiger partial charge on any atom is 0.252 e. The number of anilines is 6. The van der Waals surface area contributed by atoms with Crippen molar-refractivity contribution in [1.29, 1.82) is 0 Å². The normalized spacial score (nSPS) is 13.3. The number of nitrogens with zero attached hydrogens (tertiary/aromatic N) is 4. The first-order chi connectivity index (χ1) is 57.2. The van der Waals surface area contributed by atoms with Crippen LogP contribution in [0.5, 0.6) is 0 Å². The molecule has 2 aliphatic heterocycles. The van der Waals surface area contributed by atoms with Crippen molar-refractivity contribution in [3.63, 3.8) is 0 Å². The molecule has 5 heteroatoms. The first-order valence-corrected chi connectivity index (χ1v) is 42.6. The predicted octanol–water partition coefficient (Wildman–Crippen LogP) is 29.7. The molecule has 0 fully saturated rings. The second-order valence-electron chi connectivity index (χ2n) is 38.9. The van der Waals surface area contributed by atoms with Gasteiger partial charge in [0.1, 0.15) is 0 Å². The third-order valence-electron chi connectivity index (χ3n) is 26.2. The van der Waals surface area contributed by atoms with Gasteiger partial charge in [0, 0.05) is 77.9 Å². The molecular weight excluding hydrogens is 1440 g/mol. The number of benzene rings is 17. The molecule has 2 aromatic heterocycles. The molecule has 19 aromatic rings. The summed E-state index contributed by atoms with van der Waals surface area (Å²) in [6, 6.07) is 127. The number of hydrogen-bond acceptors (Lipinski definition) is 2. The van der Waals surface area contributed by atoms with Crippen LogP contribution in [0.2, 0.25) is 0 Å². The van der Waals surface area contributed by atoms with E-state index in [1.54, 1.807) is 0 Å². The number of fused-ring (bicyclic) bond motifs is 16. The van der Waals surface area contributed by atoms with Crippen molar-refractivity contribution >= 4 is 144 Å². The van der Waals surface area contributed by atoms with Crippen molar-refractivity contribution in [3.8, 4) is 55.9 Å². The van der Waals surface area contributed by atoms with Crippen LogP contribution in [0.1, 0.15) is 132 Å². The zero-order valence-corrected chi connectivity index (χ0v) is 71.0. The summed E-state index contributed by atoms with van der Waals surface area (Å²) in [5.41, 5.74) is 32.4. The summed E-state index contributed by atoms with van der Waals surface area (Å²) in [5, 5.41) is 14.8. The van der Waals surface area contributed by atoms with Gasteiger partial charge >= 0.3 is 0 Å². The van der Waals surface area contributed by atoms with E-state index in [1.165, 1.54) is 131 Å². The van der Waals surface area contributed by atoms with Crippen LogP contribution in [-0.4, -0.2) is 15.8 Å². The lowest BCUT2D eigenvalue weighted by Crippen LogP contribution is -2.61. The van der Waals surface area contributed by atoms with Crippen LogP contribution < -0.4 is 26.2 Å². The minimum absolute atomic E-state index is 0.0733. The molecule has 2 aliphatic rings. The molecule has 0 saturated carbocycles. The number of hydrogen-bond donors (Lipinski definition) is 0. The van der Waals surface area contributed by atoms with Gasteiger partial charge in [-0.1, -0.05) is 334 Å². The fourth-order valence-electron chi connectivity index (χ4n) is 19.7. The Morgan fingerprint density at radius 2 is 0.521 bits per heavy atom. The summed E-state index contributed by atoms with van der Waals surface area (Å²) < 4.78 is 5.15. The van der Waals surface area contributed by atoms with E-state index in [4.69, 9.17) is 0 Å². The van der Waals surface area contributed by atoms with Crippen molar-refractivity contribution in [3.05, 3.63) is 355 Å². The minimum Gasteiger partial charge on any atom is -0.310 e. The van der Waals surface area contributed by atoms with Crippen LogP contribution in [0.4, 0.5) is 34.1 Å². The van der Waals surface area contributed by atoms with Gasteiger partial charge in [-0.3, -0.25) is 0 Å². The molecule has 0 saturated heterocycles. The number of para-hydroxylation sites is 2. The Morgan fingerprint density at radius 1 is 0.210 bits per heavy atom. The zero-order chi connectivity index (χ0) is 81.7. The number of rotatable bonds is 8. The van der Waals surface area contributed by atoms with E-state index >= 15 is 0 Å². The first kappa shape index (κ1) is 73.7. The molecule has 4 heterocycles. The minimum atomic E-state index is -0.368. The maximum atomic E-state index is 2.75. The van der Waals surface area contributed by atoms with Crippen molar-refractivity contribution < 1.29 is 0 Å². The molecule has 0 radical (unpaired) electrons. The molecule has 0 aliphatic carbocycles. The Balaban J connectivity index is 0.927. The maximum absolute atomic E-state index is 2.75. The summed E-state index contributed by atoms with van der Waals surface area (Å²) >= 11 is 0. The van der Waals surface area contributed by atoms with Gasteiger partial charge in [0.15, 0.2) is 0 Å². The molecule has 21 rings (SSSR count). The van der Waals surface area contributed by atoms with Crippen LogP contribution in [-0.2, 0) is 27.1 Å².